The maximum Gasteiger partial charge on any atom is 0.335 e. The first-order chi connectivity index (χ1) is 22.8. The molecule has 47 heavy (non-hydrogen) atoms. The van der Waals surface area contributed by atoms with Crippen molar-refractivity contribution < 1.29 is 24.2 Å². The Labute approximate surface area is 287 Å². The molecule has 0 saturated heterocycles. The number of esters is 2. The number of hydrogen-bond acceptors (Lipinski definition) is 5. The molecule has 0 aromatic heterocycles. The molecule has 0 amide bonds. The molecule has 0 spiro atoms. The number of aliphatic hydroxyl groups excluding tert-OH is 1. The van der Waals surface area contributed by atoms with Crippen LogP contribution in [0.25, 0.3) is 0 Å². The minimum absolute atomic E-state index is 0.0608. The average molecular weight is 651 g/mol. The fourth-order valence-corrected chi connectivity index (χ4v) is 7.78. The van der Waals surface area contributed by atoms with Crippen LogP contribution in [0.4, 0.5) is 0 Å². The summed E-state index contributed by atoms with van der Waals surface area (Å²) in [5.41, 5.74) is 3.41. The van der Waals surface area contributed by atoms with Crippen molar-refractivity contribution in [2.45, 2.75) is 148 Å². The lowest BCUT2D eigenvalue weighted by Gasteiger charge is -2.32. The van der Waals surface area contributed by atoms with E-state index in [1.165, 1.54) is 101 Å². The van der Waals surface area contributed by atoms with E-state index in [-0.39, 0.29) is 24.1 Å². The van der Waals surface area contributed by atoms with Gasteiger partial charge in [-0.25, -0.2) is 9.59 Å². The SMILES string of the molecule is C=C(CC)C(=O)OCCC(CCCc1ccc(C2CCC(CCC3CCC(CCCCC)CC3)CC2)cc1)CCOC(=O)C(=C)CO. The van der Waals surface area contributed by atoms with Crippen LogP contribution in [0.2, 0.25) is 0 Å². The molecule has 1 unspecified atom stereocenters. The molecule has 0 aliphatic heterocycles. The van der Waals surface area contributed by atoms with E-state index in [0.29, 0.717) is 37.4 Å². The van der Waals surface area contributed by atoms with Gasteiger partial charge in [-0.15, -0.1) is 0 Å². The number of aliphatic hydroxyl groups is 1. The highest BCUT2D eigenvalue weighted by atomic mass is 16.5. The van der Waals surface area contributed by atoms with Gasteiger partial charge in [0.05, 0.1) is 25.4 Å². The summed E-state index contributed by atoms with van der Waals surface area (Å²) >= 11 is 0. The Morgan fingerprint density at radius 2 is 1.26 bits per heavy atom. The van der Waals surface area contributed by atoms with E-state index < -0.39 is 12.6 Å². The van der Waals surface area contributed by atoms with Crippen molar-refractivity contribution in [3.8, 4) is 0 Å². The van der Waals surface area contributed by atoms with Crippen LogP contribution in [0, 0.1) is 23.7 Å². The Hall–Kier alpha value is -2.40. The third kappa shape index (κ3) is 14.7. The van der Waals surface area contributed by atoms with Crippen molar-refractivity contribution in [1.82, 2.24) is 0 Å². The number of carbonyl (C=O) groups excluding carboxylic acids is 2. The van der Waals surface area contributed by atoms with Gasteiger partial charge in [-0.05, 0) is 105 Å². The normalized spacial score (nSPS) is 21.9. The lowest BCUT2D eigenvalue weighted by Crippen LogP contribution is -2.18. The van der Waals surface area contributed by atoms with Gasteiger partial charge in [-0.3, -0.25) is 0 Å². The molecule has 2 aliphatic rings. The molecule has 0 radical (unpaired) electrons. The van der Waals surface area contributed by atoms with Crippen molar-refractivity contribution in [2.24, 2.45) is 23.7 Å². The second kappa shape index (κ2) is 22.3. The molecule has 0 heterocycles. The second-order valence-corrected chi connectivity index (χ2v) is 14.7. The minimum Gasteiger partial charge on any atom is -0.462 e. The number of rotatable bonds is 22. The maximum absolute atomic E-state index is 12.0. The molecule has 1 atom stereocenters. The fourth-order valence-electron chi connectivity index (χ4n) is 7.78. The summed E-state index contributed by atoms with van der Waals surface area (Å²) in [6.07, 6.45) is 25.0. The minimum atomic E-state index is -0.559. The van der Waals surface area contributed by atoms with E-state index in [1.54, 1.807) is 0 Å². The zero-order valence-electron chi connectivity index (χ0n) is 30.0. The summed E-state index contributed by atoms with van der Waals surface area (Å²) < 4.78 is 10.7. The smallest absolute Gasteiger partial charge is 0.335 e. The van der Waals surface area contributed by atoms with Crippen molar-refractivity contribution >= 4 is 11.9 Å². The molecule has 5 nitrogen and oxygen atoms in total. The first kappa shape index (κ1) is 39.0. The molecule has 5 heteroatoms. The molecule has 3 rings (SSSR count). The van der Waals surface area contributed by atoms with Crippen LogP contribution in [-0.4, -0.2) is 36.9 Å². The van der Waals surface area contributed by atoms with Gasteiger partial charge < -0.3 is 14.6 Å². The van der Waals surface area contributed by atoms with Crippen LogP contribution in [0.3, 0.4) is 0 Å². The molecule has 1 aromatic carbocycles. The Balaban J connectivity index is 1.35. The number of aryl methyl sites for hydroxylation is 1. The van der Waals surface area contributed by atoms with E-state index in [9.17, 15) is 9.59 Å². The van der Waals surface area contributed by atoms with Crippen molar-refractivity contribution in [2.75, 3.05) is 19.8 Å². The van der Waals surface area contributed by atoms with Gasteiger partial charge in [0, 0.05) is 5.57 Å². The first-order valence-electron chi connectivity index (χ1n) is 19.2. The van der Waals surface area contributed by atoms with E-state index in [0.717, 1.165) is 37.0 Å². The van der Waals surface area contributed by atoms with Gasteiger partial charge in [0.25, 0.3) is 0 Å². The predicted octanol–water partition coefficient (Wildman–Crippen LogP) is 10.4. The van der Waals surface area contributed by atoms with Crippen molar-refractivity contribution in [3.05, 3.63) is 59.7 Å². The van der Waals surface area contributed by atoms with E-state index >= 15 is 0 Å². The number of carbonyl (C=O) groups is 2. The number of benzene rings is 1. The van der Waals surface area contributed by atoms with Crippen molar-refractivity contribution in [1.29, 1.82) is 0 Å². The highest BCUT2D eigenvalue weighted by Crippen LogP contribution is 2.40. The average Bonchev–Trinajstić information content (AvgIpc) is 3.10. The highest BCUT2D eigenvalue weighted by molar-refractivity contribution is 5.88. The van der Waals surface area contributed by atoms with Crippen LogP contribution in [0.1, 0.15) is 153 Å². The quantitative estimate of drug-likeness (QED) is 0.0768. The molecule has 264 valence electrons. The summed E-state index contributed by atoms with van der Waals surface area (Å²) in [6, 6.07) is 9.36. The predicted molar refractivity (Wildman–Crippen MR) is 193 cm³/mol. The third-order valence-electron chi connectivity index (χ3n) is 11.3. The summed E-state index contributed by atoms with van der Waals surface area (Å²) in [5, 5.41) is 9.11. The van der Waals surface area contributed by atoms with Crippen LogP contribution in [-0.2, 0) is 25.5 Å². The lowest BCUT2D eigenvalue weighted by atomic mass is 9.74. The van der Waals surface area contributed by atoms with Gasteiger partial charge in [0.1, 0.15) is 0 Å². The first-order valence-corrected chi connectivity index (χ1v) is 19.2. The maximum atomic E-state index is 12.0. The monoisotopic (exact) mass is 650 g/mol. The summed E-state index contributed by atoms with van der Waals surface area (Å²) in [6.45, 7) is 11.7. The fraction of sp³-hybridized carbons (Fsp3) is 0.714. The zero-order chi connectivity index (χ0) is 33.9. The van der Waals surface area contributed by atoms with Gasteiger partial charge in [0.2, 0.25) is 0 Å². The molecule has 0 bridgehead atoms. The lowest BCUT2D eigenvalue weighted by molar-refractivity contribution is -0.139. The largest absolute Gasteiger partial charge is 0.462 e. The Kier molecular flexibility index (Phi) is 18.5. The topological polar surface area (TPSA) is 72.8 Å². The molecule has 1 N–H and O–H groups in total. The Morgan fingerprint density at radius 3 is 1.79 bits per heavy atom. The molecule has 2 aliphatic carbocycles. The van der Waals surface area contributed by atoms with Gasteiger partial charge in [-0.2, -0.15) is 0 Å². The van der Waals surface area contributed by atoms with Crippen LogP contribution < -0.4 is 0 Å². The van der Waals surface area contributed by atoms with E-state index in [4.69, 9.17) is 14.6 Å². The van der Waals surface area contributed by atoms with E-state index in [1.807, 2.05) is 6.92 Å². The van der Waals surface area contributed by atoms with Crippen molar-refractivity contribution in [3.63, 3.8) is 0 Å². The van der Waals surface area contributed by atoms with Crippen LogP contribution >= 0.6 is 0 Å². The van der Waals surface area contributed by atoms with E-state index in [2.05, 4.69) is 44.3 Å². The molecule has 1 aromatic rings. The zero-order valence-corrected chi connectivity index (χ0v) is 30.0. The Morgan fingerprint density at radius 1 is 0.723 bits per heavy atom. The summed E-state index contributed by atoms with van der Waals surface area (Å²) in [4.78, 5) is 23.9. The molecule has 2 fully saturated rings. The van der Waals surface area contributed by atoms with Crippen LogP contribution in [0.15, 0.2) is 48.6 Å². The molecule has 2 saturated carbocycles. The number of hydrogen-bond donors (Lipinski definition) is 1. The second-order valence-electron chi connectivity index (χ2n) is 14.7. The van der Waals surface area contributed by atoms with Gasteiger partial charge >= 0.3 is 11.9 Å². The summed E-state index contributed by atoms with van der Waals surface area (Å²) in [7, 11) is 0. The van der Waals surface area contributed by atoms with Gasteiger partial charge in [-0.1, -0.05) is 115 Å². The molecular formula is C42H66O5. The van der Waals surface area contributed by atoms with Crippen LogP contribution in [0.5, 0.6) is 0 Å². The highest BCUT2D eigenvalue weighted by Gasteiger charge is 2.25. The Bertz CT molecular complexity index is 1020. The standard InChI is InChI=1S/C42H66O5/c1-5-7-8-10-34-13-15-37(16-14-34)17-18-38-21-25-40(26-22-38)39-23-19-35(20-24-39)11-9-12-36(27-29-46-41(44)32(3)6-2)28-30-47-42(45)33(4)31-43/h19-20,23-24,34,36-38,40,43H,3-18,21-22,25-31H2,1-2H3. The third-order valence-corrected chi connectivity index (χ3v) is 11.3. The number of ether oxygens (including phenoxy) is 2. The number of unbranched alkanes of at least 4 members (excludes halogenated alkanes) is 2. The summed E-state index contributed by atoms with van der Waals surface area (Å²) in [5.74, 6) is 3.02. The molecular weight excluding hydrogens is 584 g/mol. The van der Waals surface area contributed by atoms with Gasteiger partial charge in [0.15, 0.2) is 0 Å².